The molecule has 0 aliphatic carbocycles. The topological polar surface area (TPSA) is 133 Å². The monoisotopic (exact) mass is 506 g/mol. The molecule has 0 spiro atoms. The zero-order chi connectivity index (χ0) is 25.7. The second-order valence-electron chi connectivity index (χ2n) is 8.37. The Kier molecular flexibility index (Phi) is 7.47. The number of rotatable bonds is 9. The van der Waals surface area contributed by atoms with Crippen molar-refractivity contribution in [3.05, 3.63) is 111 Å². The first-order valence-electron chi connectivity index (χ1n) is 11.4. The van der Waals surface area contributed by atoms with Crippen LogP contribution >= 0.6 is 0 Å². The van der Waals surface area contributed by atoms with Gasteiger partial charge in [-0.1, -0.05) is 54.6 Å². The van der Waals surface area contributed by atoms with E-state index in [4.69, 9.17) is 5.14 Å². The van der Waals surface area contributed by atoms with Crippen LogP contribution in [0.25, 0.3) is 10.9 Å². The second kappa shape index (κ2) is 10.7. The number of aryl methyl sites for hydroxylation is 1. The molecule has 1 heterocycles. The molecular weight excluding hydrogens is 480 g/mol. The summed E-state index contributed by atoms with van der Waals surface area (Å²) in [7, 11) is -3.76. The summed E-state index contributed by atoms with van der Waals surface area (Å²) in [6.45, 7) is 0.242. The fourth-order valence-corrected chi connectivity index (χ4v) is 4.51. The van der Waals surface area contributed by atoms with E-state index in [1.165, 1.54) is 21.3 Å². The highest BCUT2D eigenvalue weighted by Gasteiger charge is 2.15. The maximum Gasteiger partial charge on any atom is 0.331 e. The van der Waals surface area contributed by atoms with Gasteiger partial charge in [-0.05, 0) is 48.2 Å². The van der Waals surface area contributed by atoms with Crippen molar-refractivity contribution >= 4 is 26.8 Å². The SMILES string of the molecule is NS(=O)(=O)c1ccc(CCNC(=O)Cn2c(=O)n(CCc3ccccc3)c(=O)c3ccccc32)cc1. The summed E-state index contributed by atoms with van der Waals surface area (Å²) in [5.74, 6) is -0.378. The van der Waals surface area contributed by atoms with Crippen molar-refractivity contribution < 1.29 is 13.2 Å². The van der Waals surface area contributed by atoms with Gasteiger partial charge in [-0.25, -0.2) is 18.4 Å². The van der Waals surface area contributed by atoms with Gasteiger partial charge < -0.3 is 5.32 Å². The number of aromatic nitrogens is 2. The number of primary sulfonamides is 1. The average molecular weight is 507 g/mol. The first-order chi connectivity index (χ1) is 17.2. The zero-order valence-corrected chi connectivity index (χ0v) is 20.3. The van der Waals surface area contributed by atoms with Gasteiger partial charge in [0.15, 0.2) is 0 Å². The number of hydrogen-bond donors (Lipinski definition) is 2. The van der Waals surface area contributed by atoms with Crippen molar-refractivity contribution in [1.29, 1.82) is 0 Å². The van der Waals surface area contributed by atoms with Gasteiger partial charge in [0.25, 0.3) is 5.56 Å². The lowest BCUT2D eigenvalue weighted by molar-refractivity contribution is -0.121. The molecule has 0 saturated heterocycles. The normalized spacial score (nSPS) is 11.5. The number of para-hydroxylation sites is 1. The molecule has 0 bridgehead atoms. The van der Waals surface area contributed by atoms with Gasteiger partial charge in [0, 0.05) is 13.1 Å². The number of fused-ring (bicyclic) bond motifs is 1. The minimum absolute atomic E-state index is 0.0175. The van der Waals surface area contributed by atoms with Crippen LogP contribution in [0.15, 0.2) is 93.3 Å². The van der Waals surface area contributed by atoms with Crippen LogP contribution in [-0.2, 0) is 40.7 Å². The van der Waals surface area contributed by atoms with Gasteiger partial charge in [-0.15, -0.1) is 0 Å². The average Bonchev–Trinajstić information content (AvgIpc) is 2.87. The molecule has 1 amide bonds. The van der Waals surface area contributed by atoms with Crippen LogP contribution in [0.4, 0.5) is 0 Å². The van der Waals surface area contributed by atoms with Gasteiger partial charge in [0.1, 0.15) is 6.54 Å². The highest BCUT2D eigenvalue weighted by molar-refractivity contribution is 7.89. The second-order valence-corrected chi connectivity index (χ2v) is 9.93. The molecule has 186 valence electrons. The standard InChI is InChI=1S/C26H26N4O5S/c27-36(34,35)21-12-10-20(11-13-21)14-16-28-24(31)18-30-23-9-5-4-8-22(23)25(32)29(26(30)33)17-15-19-6-2-1-3-7-19/h1-13H,14-18H2,(H,28,31)(H2,27,34,35). The van der Waals surface area contributed by atoms with E-state index in [1.807, 2.05) is 30.3 Å². The molecule has 0 unspecified atom stereocenters. The predicted octanol–water partition coefficient (Wildman–Crippen LogP) is 1.41. The third-order valence-electron chi connectivity index (χ3n) is 5.89. The number of benzene rings is 3. The summed E-state index contributed by atoms with van der Waals surface area (Å²) < 4.78 is 25.2. The molecule has 0 fully saturated rings. The Hall–Kier alpha value is -4.02. The molecule has 4 aromatic rings. The van der Waals surface area contributed by atoms with Crippen LogP contribution in [-0.4, -0.2) is 30.0 Å². The highest BCUT2D eigenvalue weighted by Crippen LogP contribution is 2.10. The van der Waals surface area contributed by atoms with Crippen molar-refractivity contribution in [2.45, 2.75) is 30.8 Å². The Bertz CT molecular complexity index is 1610. The minimum atomic E-state index is -3.76. The van der Waals surface area contributed by atoms with Crippen molar-refractivity contribution in [3.63, 3.8) is 0 Å². The Morgan fingerprint density at radius 1 is 0.806 bits per heavy atom. The van der Waals surface area contributed by atoms with Gasteiger partial charge in [0.05, 0.1) is 15.8 Å². The van der Waals surface area contributed by atoms with E-state index >= 15 is 0 Å². The zero-order valence-electron chi connectivity index (χ0n) is 19.5. The smallest absolute Gasteiger partial charge is 0.331 e. The number of nitrogens with two attached hydrogens (primary N) is 1. The lowest BCUT2D eigenvalue weighted by Gasteiger charge is -2.14. The van der Waals surface area contributed by atoms with E-state index < -0.39 is 15.7 Å². The largest absolute Gasteiger partial charge is 0.354 e. The summed E-state index contributed by atoms with van der Waals surface area (Å²) in [6, 6.07) is 22.4. The molecule has 0 saturated carbocycles. The summed E-state index contributed by atoms with van der Waals surface area (Å²) in [4.78, 5) is 39.0. The molecule has 3 N–H and O–H groups in total. The van der Waals surface area contributed by atoms with Crippen LogP contribution in [0.2, 0.25) is 0 Å². The Balaban J connectivity index is 1.49. The lowest BCUT2D eigenvalue weighted by atomic mass is 10.1. The van der Waals surface area contributed by atoms with Crippen molar-refractivity contribution in [1.82, 2.24) is 14.5 Å². The van der Waals surface area contributed by atoms with Crippen LogP contribution in [0.3, 0.4) is 0 Å². The number of carbonyl (C=O) groups is 1. The van der Waals surface area contributed by atoms with Crippen LogP contribution in [0.1, 0.15) is 11.1 Å². The number of hydrogen-bond acceptors (Lipinski definition) is 5. The van der Waals surface area contributed by atoms with Gasteiger partial charge >= 0.3 is 5.69 Å². The third kappa shape index (κ3) is 5.78. The molecule has 9 nitrogen and oxygen atoms in total. The number of nitrogens with zero attached hydrogens (tertiary/aromatic N) is 2. The molecule has 0 radical (unpaired) electrons. The molecule has 1 aromatic heterocycles. The molecule has 0 aliphatic rings. The van der Waals surface area contributed by atoms with Crippen molar-refractivity contribution in [2.75, 3.05) is 6.54 Å². The van der Waals surface area contributed by atoms with Crippen LogP contribution in [0, 0.1) is 0 Å². The summed E-state index contributed by atoms with van der Waals surface area (Å²) in [5, 5.41) is 8.25. The van der Waals surface area contributed by atoms with Crippen LogP contribution < -0.4 is 21.7 Å². The molecule has 0 aliphatic heterocycles. The fraction of sp³-hybridized carbons (Fsp3) is 0.192. The third-order valence-corrected chi connectivity index (χ3v) is 6.82. The van der Waals surface area contributed by atoms with Gasteiger partial charge in [-0.3, -0.25) is 18.7 Å². The number of amides is 1. The van der Waals surface area contributed by atoms with E-state index in [0.717, 1.165) is 11.1 Å². The van der Waals surface area contributed by atoms with Crippen molar-refractivity contribution in [2.24, 2.45) is 5.14 Å². The molecule has 0 atom stereocenters. The maximum atomic E-state index is 13.3. The predicted molar refractivity (Wildman–Crippen MR) is 137 cm³/mol. The number of carbonyl (C=O) groups excluding carboxylic acids is 1. The molecule has 36 heavy (non-hydrogen) atoms. The van der Waals surface area contributed by atoms with Crippen molar-refractivity contribution in [3.8, 4) is 0 Å². The molecule has 4 rings (SSSR count). The van der Waals surface area contributed by atoms with E-state index in [9.17, 15) is 22.8 Å². The first kappa shape index (κ1) is 25.1. The summed E-state index contributed by atoms with van der Waals surface area (Å²) in [5.41, 5.74) is 1.30. The van der Waals surface area contributed by atoms with Gasteiger partial charge in [-0.2, -0.15) is 0 Å². The summed E-state index contributed by atoms with van der Waals surface area (Å²) >= 11 is 0. The number of nitrogens with one attached hydrogen (secondary N) is 1. The molecule has 10 heteroatoms. The van der Waals surface area contributed by atoms with Crippen LogP contribution in [0.5, 0.6) is 0 Å². The molecule has 3 aromatic carbocycles. The molecular formula is C26H26N4O5S. The van der Waals surface area contributed by atoms with E-state index in [1.54, 1.807) is 36.4 Å². The Morgan fingerprint density at radius 2 is 1.44 bits per heavy atom. The van der Waals surface area contributed by atoms with E-state index in [0.29, 0.717) is 23.7 Å². The minimum Gasteiger partial charge on any atom is -0.354 e. The van der Waals surface area contributed by atoms with E-state index in [2.05, 4.69) is 5.32 Å². The quantitative estimate of drug-likeness (QED) is 0.354. The summed E-state index contributed by atoms with van der Waals surface area (Å²) in [6.07, 6.45) is 0.966. The van der Waals surface area contributed by atoms with Gasteiger partial charge in [0.2, 0.25) is 15.9 Å². The highest BCUT2D eigenvalue weighted by atomic mass is 32.2. The number of sulfonamides is 1. The first-order valence-corrected chi connectivity index (χ1v) is 12.9. The Labute approximate surface area is 207 Å². The lowest BCUT2D eigenvalue weighted by Crippen LogP contribution is -2.43. The Morgan fingerprint density at radius 3 is 2.14 bits per heavy atom. The van der Waals surface area contributed by atoms with E-state index in [-0.39, 0.29) is 36.0 Å². The maximum absolute atomic E-state index is 13.3. The fourth-order valence-electron chi connectivity index (χ4n) is 4.00.